The summed E-state index contributed by atoms with van der Waals surface area (Å²) in [4.78, 5) is 26.0. The van der Waals surface area contributed by atoms with Gasteiger partial charge in [0.05, 0.1) is 6.04 Å². The van der Waals surface area contributed by atoms with E-state index in [-0.39, 0.29) is 11.9 Å². The lowest BCUT2D eigenvalue weighted by atomic mass is 10.1. The maximum absolute atomic E-state index is 12.6. The summed E-state index contributed by atoms with van der Waals surface area (Å²) in [7, 11) is 0. The van der Waals surface area contributed by atoms with Gasteiger partial charge in [-0.15, -0.1) is 0 Å². The first-order valence-corrected chi connectivity index (χ1v) is 9.81. The van der Waals surface area contributed by atoms with Crippen LogP contribution >= 0.6 is 0 Å². The van der Waals surface area contributed by atoms with Gasteiger partial charge in [-0.1, -0.05) is 23.8 Å². The van der Waals surface area contributed by atoms with Crippen molar-refractivity contribution in [2.75, 3.05) is 32.7 Å². The lowest BCUT2D eigenvalue weighted by Gasteiger charge is -2.34. The van der Waals surface area contributed by atoms with E-state index in [2.05, 4.69) is 39.2 Å². The third-order valence-corrected chi connectivity index (χ3v) is 5.36. The van der Waals surface area contributed by atoms with Crippen LogP contribution in [-0.2, 0) is 11.3 Å². The molecule has 0 radical (unpaired) electrons. The normalized spacial score (nSPS) is 20.8. The fourth-order valence-electron chi connectivity index (χ4n) is 3.91. The van der Waals surface area contributed by atoms with E-state index >= 15 is 0 Å². The molecule has 3 heterocycles. The third-order valence-electron chi connectivity index (χ3n) is 5.36. The molecule has 1 atom stereocenters. The van der Waals surface area contributed by atoms with Crippen molar-refractivity contribution in [2.24, 2.45) is 0 Å². The minimum Gasteiger partial charge on any atom is -0.341 e. The number of aromatic nitrogens is 2. The summed E-state index contributed by atoms with van der Waals surface area (Å²) in [6.07, 6.45) is 6.08. The summed E-state index contributed by atoms with van der Waals surface area (Å²) in [6, 6.07) is 8.14. The quantitative estimate of drug-likeness (QED) is 0.896. The number of nitrogens with one attached hydrogen (secondary N) is 1. The Morgan fingerprint density at radius 3 is 2.70 bits per heavy atom. The minimum atomic E-state index is -0.0932. The Kier molecular flexibility index (Phi) is 5.45. The van der Waals surface area contributed by atoms with Crippen LogP contribution in [0.15, 0.2) is 36.7 Å². The number of piperazine rings is 1. The average Bonchev–Trinajstić information content (AvgIpc) is 3.23. The van der Waals surface area contributed by atoms with Gasteiger partial charge in [0.15, 0.2) is 5.82 Å². The van der Waals surface area contributed by atoms with Gasteiger partial charge in [0.25, 0.3) is 0 Å². The number of aryl methyl sites for hydroxylation is 1. The fraction of sp³-hybridized carbons (Fsp3) is 0.476. The zero-order chi connectivity index (χ0) is 18.6. The van der Waals surface area contributed by atoms with E-state index in [4.69, 9.17) is 0 Å². The van der Waals surface area contributed by atoms with Crippen LogP contribution < -0.4 is 5.32 Å². The highest BCUT2D eigenvalue weighted by Crippen LogP contribution is 2.17. The topological polar surface area (TPSA) is 61.4 Å². The number of likely N-dealkylation sites (tertiary alicyclic amines) is 1. The van der Waals surface area contributed by atoms with Crippen molar-refractivity contribution in [1.29, 1.82) is 0 Å². The summed E-state index contributed by atoms with van der Waals surface area (Å²) in [5.74, 6) is 1.01. The predicted octanol–water partition coefficient (Wildman–Crippen LogP) is 1.85. The van der Waals surface area contributed by atoms with Crippen LogP contribution in [-0.4, -0.2) is 64.4 Å². The van der Waals surface area contributed by atoms with E-state index in [1.165, 1.54) is 5.56 Å². The third kappa shape index (κ3) is 4.34. The van der Waals surface area contributed by atoms with Gasteiger partial charge in [0.1, 0.15) is 0 Å². The smallest absolute Gasteiger partial charge is 0.241 e. The van der Waals surface area contributed by atoms with Crippen LogP contribution in [0.2, 0.25) is 0 Å². The highest BCUT2D eigenvalue weighted by atomic mass is 16.2. The van der Waals surface area contributed by atoms with Gasteiger partial charge >= 0.3 is 0 Å². The van der Waals surface area contributed by atoms with Gasteiger partial charge in [-0.3, -0.25) is 9.69 Å². The van der Waals surface area contributed by atoms with Gasteiger partial charge < -0.3 is 10.2 Å². The van der Waals surface area contributed by atoms with Crippen molar-refractivity contribution in [3.05, 3.63) is 47.8 Å². The summed E-state index contributed by atoms with van der Waals surface area (Å²) in [5, 5.41) is 3.38. The molecule has 1 aromatic heterocycles. The Hall–Kier alpha value is -2.31. The Balaban J connectivity index is 1.37. The molecule has 6 heteroatoms. The van der Waals surface area contributed by atoms with E-state index < -0.39 is 0 Å². The predicted molar refractivity (Wildman–Crippen MR) is 105 cm³/mol. The molecule has 2 fully saturated rings. The SMILES string of the molecule is Cc1cccc(-c2ncc(CN3CCNC(C(=O)N4CCCC4)C3)cn2)c1. The highest BCUT2D eigenvalue weighted by molar-refractivity contribution is 5.82. The van der Waals surface area contributed by atoms with Crippen molar-refractivity contribution < 1.29 is 4.79 Å². The van der Waals surface area contributed by atoms with E-state index in [0.717, 1.165) is 69.1 Å². The molecule has 1 unspecified atom stereocenters. The van der Waals surface area contributed by atoms with Gasteiger partial charge in [-0.05, 0) is 25.8 Å². The van der Waals surface area contributed by atoms with E-state index in [1.54, 1.807) is 0 Å². The molecule has 142 valence electrons. The molecule has 4 rings (SSSR count). The van der Waals surface area contributed by atoms with Gasteiger partial charge in [0.2, 0.25) is 5.91 Å². The van der Waals surface area contributed by atoms with E-state index in [1.807, 2.05) is 29.4 Å². The average molecular weight is 365 g/mol. The van der Waals surface area contributed by atoms with Gasteiger partial charge in [0, 0.05) is 62.8 Å². The second-order valence-corrected chi connectivity index (χ2v) is 7.56. The van der Waals surface area contributed by atoms with Crippen molar-refractivity contribution in [3.63, 3.8) is 0 Å². The van der Waals surface area contributed by atoms with Crippen LogP contribution in [0.1, 0.15) is 24.0 Å². The van der Waals surface area contributed by atoms with Gasteiger partial charge in [-0.2, -0.15) is 0 Å². The molecular weight excluding hydrogens is 338 g/mol. The number of carbonyl (C=O) groups is 1. The molecule has 1 aromatic carbocycles. The van der Waals surface area contributed by atoms with Gasteiger partial charge in [-0.25, -0.2) is 9.97 Å². The maximum atomic E-state index is 12.6. The van der Waals surface area contributed by atoms with E-state index in [0.29, 0.717) is 0 Å². The fourth-order valence-corrected chi connectivity index (χ4v) is 3.91. The molecule has 2 saturated heterocycles. The molecule has 0 spiro atoms. The molecule has 1 N–H and O–H groups in total. The molecule has 6 nitrogen and oxygen atoms in total. The summed E-state index contributed by atoms with van der Waals surface area (Å²) < 4.78 is 0. The molecule has 2 aromatic rings. The standard InChI is InChI=1S/C21H27N5O/c1-16-5-4-6-18(11-16)20-23-12-17(13-24-20)14-25-10-7-22-19(15-25)21(27)26-8-2-3-9-26/h4-6,11-13,19,22H,2-3,7-10,14-15H2,1H3. The zero-order valence-electron chi connectivity index (χ0n) is 15.9. The second-order valence-electron chi connectivity index (χ2n) is 7.56. The van der Waals surface area contributed by atoms with Crippen LogP contribution in [0.5, 0.6) is 0 Å². The molecule has 2 aliphatic rings. The molecule has 2 aliphatic heterocycles. The Labute approximate surface area is 160 Å². The number of hydrogen-bond acceptors (Lipinski definition) is 5. The van der Waals surface area contributed by atoms with Crippen molar-refractivity contribution >= 4 is 5.91 Å². The number of amides is 1. The molecule has 0 bridgehead atoms. The van der Waals surface area contributed by atoms with Crippen LogP contribution in [0, 0.1) is 6.92 Å². The van der Waals surface area contributed by atoms with E-state index in [9.17, 15) is 4.79 Å². The summed E-state index contributed by atoms with van der Waals surface area (Å²) in [6.45, 7) is 7.18. The molecule has 0 aliphatic carbocycles. The molecule has 27 heavy (non-hydrogen) atoms. The van der Waals surface area contributed by atoms with Crippen LogP contribution in [0.25, 0.3) is 11.4 Å². The monoisotopic (exact) mass is 365 g/mol. The number of benzene rings is 1. The lowest BCUT2D eigenvalue weighted by Crippen LogP contribution is -2.57. The lowest BCUT2D eigenvalue weighted by molar-refractivity contribution is -0.133. The molecule has 1 amide bonds. The number of carbonyl (C=O) groups excluding carboxylic acids is 1. The number of rotatable bonds is 4. The van der Waals surface area contributed by atoms with Crippen molar-refractivity contribution in [3.8, 4) is 11.4 Å². The maximum Gasteiger partial charge on any atom is 0.241 e. The summed E-state index contributed by atoms with van der Waals surface area (Å²) in [5.41, 5.74) is 3.33. The Morgan fingerprint density at radius 2 is 1.96 bits per heavy atom. The first-order valence-electron chi connectivity index (χ1n) is 9.81. The first kappa shape index (κ1) is 18.1. The molecular formula is C21H27N5O. The Morgan fingerprint density at radius 1 is 1.19 bits per heavy atom. The first-order chi connectivity index (χ1) is 13.2. The largest absolute Gasteiger partial charge is 0.341 e. The van der Waals surface area contributed by atoms with Crippen LogP contribution in [0.4, 0.5) is 0 Å². The van der Waals surface area contributed by atoms with Crippen molar-refractivity contribution in [2.45, 2.75) is 32.4 Å². The van der Waals surface area contributed by atoms with Crippen LogP contribution in [0.3, 0.4) is 0 Å². The van der Waals surface area contributed by atoms with Crippen molar-refractivity contribution in [1.82, 2.24) is 25.1 Å². The zero-order valence-corrected chi connectivity index (χ0v) is 15.9. The highest BCUT2D eigenvalue weighted by Gasteiger charge is 2.30. The molecule has 0 saturated carbocycles. The minimum absolute atomic E-state index is 0.0932. The number of nitrogens with zero attached hydrogens (tertiary/aromatic N) is 4. The second kappa shape index (κ2) is 8.15. The summed E-state index contributed by atoms with van der Waals surface area (Å²) >= 11 is 0. The Bertz CT molecular complexity index is 785. The number of hydrogen-bond donors (Lipinski definition) is 1.